The van der Waals surface area contributed by atoms with Gasteiger partial charge in [-0.05, 0) is 31.4 Å². The standard InChI is InChI=1S/C13H21NO/c1-10(2)9-11(3)14-12-7-5-6-8-13(12)15-4/h5-8,10-11,14H,9H2,1-4H3/t11-/m0/s1. The van der Waals surface area contributed by atoms with E-state index >= 15 is 0 Å². The summed E-state index contributed by atoms with van der Waals surface area (Å²) in [4.78, 5) is 0. The smallest absolute Gasteiger partial charge is 0.141 e. The summed E-state index contributed by atoms with van der Waals surface area (Å²) in [5, 5.41) is 3.47. The molecule has 1 aromatic rings. The lowest BCUT2D eigenvalue weighted by atomic mass is 10.1. The van der Waals surface area contributed by atoms with Gasteiger partial charge in [-0.1, -0.05) is 26.0 Å². The summed E-state index contributed by atoms with van der Waals surface area (Å²) in [5.41, 5.74) is 1.08. The highest BCUT2D eigenvalue weighted by Gasteiger charge is 2.07. The zero-order valence-corrected chi connectivity index (χ0v) is 10.1. The molecule has 0 fully saturated rings. The van der Waals surface area contributed by atoms with Crippen LogP contribution in [0.5, 0.6) is 5.75 Å². The van der Waals surface area contributed by atoms with E-state index in [9.17, 15) is 0 Å². The molecule has 0 saturated carbocycles. The lowest BCUT2D eigenvalue weighted by Gasteiger charge is -2.18. The van der Waals surface area contributed by atoms with E-state index < -0.39 is 0 Å². The van der Waals surface area contributed by atoms with Crippen LogP contribution < -0.4 is 10.1 Å². The van der Waals surface area contributed by atoms with Gasteiger partial charge in [0.25, 0.3) is 0 Å². The summed E-state index contributed by atoms with van der Waals surface area (Å²) in [6, 6.07) is 8.51. The molecule has 0 spiro atoms. The molecule has 1 N–H and O–H groups in total. The van der Waals surface area contributed by atoms with Gasteiger partial charge in [0.1, 0.15) is 5.75 Å². The molecule has 0 aliphatic rings. The number of nitrogens with one attached hydrogen (secondary N) is 1. The molecule has 2 nitrogen and oxygen atoms in total. The van der Waals surface area contributed by atoms with E-state index in [1.54, 1.807) is 7.11 Å². The number of hydrogen-bond donors (Lipinski definition) is 1. The first-order chi connectivity index (χ1) is 7.13. The maximum Gasteiger partial charge on any atom is 0.141 e. The molecular weight excluding hydrogens is 186 g/mol. The predicted molar refractivity (Wildman–Crippen MR) is 65.5 cm³/mol. The van der Waals surface area contributed by atoms with Crippen LogP contribution in [0.2, 0.25) is 0 Å². The Labute approximate surface area is 92.6 Å². The van der Waals surface area contributed by atoms with Gasteiger partial charge in [0.15, 0.2) is 0 Å². The average Bonchev–Trinajstić information content (AvgIpc) is 2.17. The summed E-state index contributed by atoms with van der Waals surface area (Å²) in [6.45, 7) is 6.67. The van der Waals surface area contributed by atoms with Gasteiger partial charge in [-0.3, -0.25) is 0 Å². The zero-order valence-electron chi connectivity index (χ0n) is 10.1. The summed E-state index contributed by atoms with van der Waals surface area (Å²) < 4.78 is 5.29. The van der Waals surface area contributed by atoms with Crippen molar-refractivity contribution in [3.8, 4) is 5.75 Å². The van der Waals surface area contributed by atoms with Crippen LogP contribution in [0.3, 0.4) is 0 Å². The van der Waals surface area contributed by atoms with Crippen molar-refractivity contribution in [2.75, 3.05) is 12.4 Å². The number of para-hydroxylation sites is 2. The first kappa shape index (κ1) is 11.9. The molecule has 1 atom stereocenters. The van der Waals surface area contributed by atoms with Crippen molar-refractivity contribution in [1.82, 2.24) is 0 Å². The predicted octanol–water partition coefficient (Wildman–Crippen LogP) is 3.54. The highest BCUT2D eigenvalue weighted by molar-refractivity contribution is 5.56. The Hall–Kier alpha value is -1.18. The fraction of sp³-hybridized carbons (Fsp3) is 0.538. The lowest BCUT2D eigenvalue weighted by Crippen LogP contribution is -2.17. The van der Waals surface area contributed by atoms with Crippen LogP contribution in [-0.2, 0) is 0 Å². The van der Waals surface area contributed by atoms with E-state index in [-0.39, 0.29) is 0 Å². The molecule has 0 aliphatic carbocycles. The summed E-state index contributed by atoms with van der Waals surface area (Å²) >= 11 is 0. The molecule has 0 saturated heterocycles. The van der Waals surface area contributed by atoms with Crippen LogP contribution in [0, 0.1) is 5.92 Å². The Morgan fingerprint density at radius 2 is 1.87 bits per heavy atom. The van der Waals surface area contributed by atoms with E-state index in [4.69, 9.17) is 4.74 Å². The third-order valence-corrected chi connectivity index (χ3v) is 2.33. The van der Waals surface area contributed by atoms with Crippen molar-refractivity contribution < 1.29 is 4.74 Å². The summed E-state index contributed by atoms with van der Waals surface area (Å²) in [6.07, 6.45) is 1.16. The first-order valence-corrected chi connectivity index (χ1v) is 5.53. The van der Waals surface area contributed by atoms with Gasteiger partial charge in [0, 0.05) is 6.04 Å². The van der Waals surface area contributed by atoms with Gasteiger partial charge < -0.3 is 10.1 Å². The van der Waals surface area contributed by atoms with E-state index in [2.05, 4.69) is 32.2 Å². The Balaban J connectivity index is 2.63. The minimum atomic E-state index is 0.473. The second kappa shape index (κ2) is 5.64. The van der Waals surface area contributed by atoms with E-state index in [1.807, 2.05) is 18.2 Å². The molecule has 0 radical (unpaired) electrons. The average molecular weight is 207 g/mol. The third kappa shape index (κ3) is 3.82. The Kier molecular flexibility index (Phi) is 4.47. The lowest BCUT2D eigenvalue weighted by molar-refractivity contribution is 0.415. The maximum atomic E-state index is 5.29. The number of methoxy groups -OCH3 is 1. The molecule has 2 heteroatoms. The second-order valence-corrected chi connectivity index (χ2v) is 4.38. The number of anilines is 1. The van der Waals surface area contributed by atoms with Crippen molar-refractivity contribution >= 4 is 5.69 Å². The van der Waals surface area contributed by atoms with Gasteiger partial charge >= 0.3 is 0 Å². The molecular formula is C13H21NO. The van der Waals surface area contributed by atoms with E-state index in [0.717, 1.165) is 17.9 Å². The monoisotopic (exact) mass is 207 g/mol. The van der Waals surface area contributed by atoms with Gasteiger partial charge in [-0.25, -0.2) is 0 Å². The molecule has 0 amide bonds. The molecule has 1 rings (SSSR count). The SMILES string of the molecule is COc1ccccc1N[C@@H](C)CC(C)C. The van der Waals surface area contributed by atoms with Crippen molar-refractivity contribution in [2.45, 2.75) is 33.2 Å². The van der Waals surface area contributed by atoms with Crippen LogP contribution in [0.4, 0.5) is 5.69 Å². The molecule has 84 valence electrons. The fourth-order valence-electron chi connectivity index (χ4n) is 1.80. The van der Waals surface area contributed by atoms with Crippen LogP contribution in [0.15, 0.2) is 24.3 Å². The minimum absolute atomic E-state index is 0.473. The number of hydrogen-bond acceptors (Lipinski definition) is 2. The van der Waals surface area contributed by atoms with Crippen LogP contribution in [-0.4, -0.2) is 13.2 Å². The molecule has 15 heavy (non-hydrogen) atoms. The largest absolute Gasteiger partial charge is 0.495 e. The fourth-order valence-corrected chi connectivity index (χ4v) is 1.80. The topological polar surface area (TPSA) is 21.3 Å². The molecule has 0 heterocycles. The van der Waals surface area contributed by atoms with Crippen molar-refractivity contribution in [3.63, 3.8) is 0 Å². The molecule has 0 bridgehead atoms. The van der Waals surface area contributed by atoms with Crippen LogP contribution in [0.25, 0.3) is 0 Å². The first-order valence-electron chi connectivity index (χ1n) is 5.53. The third-order valence-electron chi connectivity index (χ3n) is 2.33. The van der Waals surface area contributed by atoms with Crippen LogP contribution in [0.1, 0.15) is 27.2 Å². The van der Waals surface area contributed by atoms with Crippen molar-refractivity contribution in [1.29, 1.82) is 0 Å². The minimum Gasteiger partial charge on any atom is -0.495 e. The molecule has 0 unspecified atom stereocenters. The van der Waals surface area contributed by atoms with Gasteiger partial charge in [0.05, 0.1) is 12.8 Å². The van der Waals surface area contributed by atoms with E-state index in [0.29, 0.717) is 12.0 Å². The maximum absolute atomic E-state index is 5.29. The Morgan fingerprint density at radius 1 is 1.20 bits per heavy atom. The van der Waals surface area contributed by atoms with Crippen molar-refractivity contribution in [3.05, 3.63) is 24.3 Å². The normalized spacial score (nSPS) is 12.6. The molecule has 0 aliphatic heterocycles. The van der Waals surface area contributed by atoms with Gasteiger partial charge in [0.2, 0.25) is 0 Å². The molecule has 1 aromatic carbocycles. The summed E-state index contributed by atoms with van der Waals surface area (Å²) in [7, 11) is 1.70. The number of benzene rings is 1. The molecule has 0 aromatic heterocycles. The number of rotatable bonds is 5. The summed E-state index contributed by atoms with van der Waals surface area (Å²) in [5.74, 6) is 1.62. The van der Waals surface area contributed by atoms with Gasteiger partial charge in [-0.15, -0.1) is 0 Å². The van der Waals surface area contributed by atoms with Crippen LogP contribution >= 0.6 is 0 Å². The van der Waals surface area contributed by atoms with Gasteiger partial charge in [-0.2, -0.15) is 0 Å². The Bertz CT molecular complexity index is 296. The quantitative estimate of drug-likeness (QED) is 0.797. The van der Waals surface area contributed by atoms with E-state index in [1.165, 1.54) is 0 Å². The van der Waals surface area contributed by atoms with Crippen molar-refractivity contribution in [2.24, 2.45) is 5.92 Å². The number of ether oxygens (including phenoxy) is 1. The highest BCUT2D eigenvalue weighted by atomic mass is 16.5. The second-order valence-electron chi connectivity index (χ2n) is 4.38. The highest BCUT2D eigenvalue weighted by Crippen LogP contribution is 2.24. The zero-order chi connectivity index (χ0) is 11.3. The Morgan fingerprint density at radius 3 is 2.47 bits per heavy atom.